The van der Waals surface area contributed by atoms with Crippen molar-refractivity contribution in [2.75, 3.05) is 26.3 Å². The van der Waals surface area contributed by atoms with Gasteiger partial charge < -0.3 is 40.7 Å². The van der Waals surface area contributed by atoms with E-state index in [1.165, 1.54) is 0 Å². The average molecular weight is 855 g/mol. The van der Waals surface area contributed by atoms with Crippen molar-refractivity contribution >= 4 is 23.6 Å². The van der Waals surface area contributed by atoms with Crippen molar-refractivity contribution in [2.24, 2.45) is 22.7 Å². The summed E-state index contributed by atoms with van der Waals surface area (Å²) in [5.74, 6) is 0.622. The molecule has 0 radical (unpaired) electrons. The van der Waals surface area contributed by atoms with E-state index in [1.807, 2.05) is 93.5 Å². The molecular formula is C48H70N8O6. The third-order valence-corrected chi connectivity index (χ3v) is 10.2. The van der Waals surface area contributed by atoms with Crippen molar-refractivity contribution in [3.8, 4) is 33.6 Å². The number of imidazole rings is 2. The molecule has 0 bridgehead atoms. The summed E-state index contributed by atoms with van der Waals surface area (Å²) < 4.78 is 11.4. The second-order valence-electron chi connectivity index (χ2n) is 18.8. The van der Waals surface area contributed by atoms with Crippen molar-refractivity contribution in [1.82, 2.24) is 41.2 Å². The van der Waals surface area contributed by atoms with Crippen LogP contribution in [-0.2, 0) is 28.7 Å². The molecule has 4 amide bonds. The van der Waals surface area contributed by atoms with Crippen LogP contribution in [0.5, 0.6) is 0 Å². The van der Waals surface area contributed by atoms with Gasteiger partial charge in [0.25, 0.3) is 0 Å². The Hall–Kier alpha value is -5.34. The number of nitrogens with zero attached hydrogens (tertiary/aromatic N) is 2. The van der Waals surface area contributed by atoms with Gasteiger partial charge in [-0.25, -0.2) is 9.97 Å². The highest BCUT2D eigenvalue weighted by molar-refractivity contribution is 5.88. The van der Waals surface area contributed by atoms with Gasteiger partial charge in [-0.05, 0) is 58.8 Å². The Balaban J connectivity index is 1.45. The van der Waals surface area contributed by atoms with Crippen LogP contribution in [-0.4, -0.2) is 82.1 Å². The molecule has 338 valence electrons. The summed E-state index contributed by atoms with van der Waals surface area (Å²) >= 11 is 0. The average Bonchev–Trinajstić information content (AvgIpc) is 3.90. The lowest BCUT2D eigenvalue weighted by atomic mass is 9.86. The van der Waals surface area contributed by atoms with Crippen LogP contribution in [0.1, 0.15) is 120 Å². The van der Waals surface area contributed by atoms with Crippen LogP contribution in [0, 0.1) is 22.7 Å². The molecule has 0 spiro atoms. The van der Waals surface area contributed by atoms with Crippen molar-refractivity contribution in [2.45, 2.75) is 120 Å². The monoisotopic (exact) mass is 855 g/mol. The Labute approximate surface area is 367 Å². The number of nitrogens with one attached hydrogen (secondary N) is 6. The van der Waals surface area contributed by atoms with E-state index in [2.05, 4.69) is 65.5 Å². The molecule has 0 aliphatic heterocycles. The highest BCUT2D eigenvalue weighted by Crippen LogP contribution is 2.35. The Morgan fingerprint density at radius 3 is 1.18 bits per heavy atom. The van der Waals surface area contributed by atoms with Crippen molar-refractivity contribution in [3.05, 3.63) is 72.6 Å². The number of aromatic amines is 2. The number of hydrogen-bond acceptors (Lipinski definition) is 8. The summed E-state index contributed by atoms with van der Waals surface area (Å²) in [6.07, 6.45) is 1.55. The smallest absolute Gasteiger partial charge is 0.250 e. The first-order chi connectivity index (χ1) is 29.2. The standard InChI is InChI=1S/C48H70N8O6/c1-13-61-37(23-39(57)49-25-29(3)4)45(59)55-41(47(7,8)9)43-51-27-35(53-43)33-19-15-31(16-20-33)32-17-21-34(22-18-32)36-28-52-44(54-36)42(48(10,11)12)56-46(60)38(62-14-2)24-40(58)50-26-30(5)6/h15-22,27-30,37-38,41-42H,13-14,23-26H2,1-12H3,(H,49,57)(H,50,58)(H,51,53)(H,52,54)(H,55,59)(H,56,60)/t37-,38-,41-,42-/m1/s1. The first-order valence-corrected chi connectivity index (χ1v) is 21.9. The molecule has 2 heterocycles. The molecule has 0 aliphatic rings. The minimum atomic E-state index is -0.924. The maximum Gasteiger partial charge on any atom is 0.250 e. The van der Waals surface area contributed by atoms with Gasteiger partial charge in [0.2, 0.25) is 23.6 Å². The normalized spacial score (nSPS) is 14.0. The van der Waals surface area contributed by atoms with Crippen LogP contribution < -0.4 is 21.3 Å². The lowest BCUT2D eigenvalue weighted by molar-refractivity contribution is -0.139. The predicted octanol–water partition coefficient (Wildman–Crippen LogP) is 7.68. The van der Waals surface area contributed by atoms with Crippen LogP contribution in [0.25, 0.3) is 33.6 Å². The predicted molar refractivity (Wildman–Crippen MR) is 243 cm³/mol. The van der Waals surface area contributed by atoms with E-state index in [0.717, 1.165) is 33.6 Å². The first-order valence-electron chi connectivity index (χ1n) is 21.9. The quantitative estimate of drug-likeness (QED) is 0.0492. The van der Waals surface area contributed by atoms with Gasteiger partial charge in [0, 0.05) is 26.3 Å². The molecule has 14 nitrogen and oxygen atoms in total. The van der Waals surface area contributed by atoms with Gasteiger partial charge in [0.05, 0.1) is 48.7 Å². The molecule has 4 aromatic rings. The molecule has 0 unspecified atom stereocenters. The Morgan fingerprint density at radius 2 is 0.887 bits per heavy atom. The lowest BCUT2D eigenvalue weighted by Crippen LogP contribution is -2.45. The van der Waals surface area contributed by atoms with Gasteiger partial charge in [0.1, 0.15) is 23.9 Å². The fourth-order valence-corrected chi connectivity index (χ4v) is 6.78. The fourth-order valence-electron chi connectivity index (χ4n) is 6.78. The Kier molecular flexibility index (Phi) is 17.6. The number of carbonyl (C=O) groups is 4. The van der Waals surface area contributed by atoms with Crippen LogP contribution in [0.2, 0.25) is 0 Å². The number of amides is 4. The van der Waals surface area contributed by atoms with E-state index < -0.39 is 35.1 Å². The zero-order chi connectivity index (χ0) is 45.8. The highest BCUT2D eigenvalue weighted by atomic mass is 16.5. The summed E-state index contributed by atoms with van der Waals surface area (Å²) in [6, 6.07) is 15.4. The first kappa shape index (κ1) is 49.3. The second kappa shape index (κ2) is 22.1. The zero-order valence-electron chi connectivity index (χ0n) is 38.8. The third kappa shape index (κ3) is 14.4. The maximum absolute atomic E-state index is 13.5. The number of H-pyrrole nitrogens is 2. The summed E-state index contributed by atoms with van der Waals surface area (Å²) in [7, 11) is 0. The molecular weight excluding hydrogens is 785 g/mol. The van der Waals surface area contributed by atoms with Gasteiger partial charge in [-0.15, -0.1) is 0 Å². The van der Waals surface area contributed by atoms with E-state index >= 15 is 0 Å². The van der Waals surface area contributed by atoms with Crippen LogP contribution in [0.3, 0.4) is 0 Å². The van der Waals surface area contributed by atoms with E-state index in [9.17, 15) is 19.2 Å². The molecule has 2 aromatic carbocycles. The fraction of sp³-hybridized carbons (Fsp3) is 0.542. The molecule has 0 fully saturated rings. The molecule has 0 saturated heterocycles. The molecule has 62 heavy (non-hydrogen) atoms. The van der Waals surface area contributed by atoms with Gasteiger partial charge >= 0.3 is 0 Å². The number of ether oxygens (including phenoxy) is 2. The van der Waals surface area contributed by atoms with Crippen LogP contribution in [0.4, 0.5) is 0 Å². The third-order valence-electron chi connectivity index (χ3n) is 10.2. The topological polar surface area (TPSA) is 192 Å². The number of rotatable bonds is 21. The van der Waals surface area contributed by atoms with Crippen LogP contribution in [0.15, 0.2) is 60.9 Å². The molecule has 4 atom stereocenters. The molecule has 0 aliphatic carbocycles. The van der Waals surface area contributed by atoms with Gasteiger partial charge in [-0.1, -0.05) is 118 Å². The van der Waals surface area contributed by atoms with Crippen molar-refractivity contribution in [1.29, 1.82) is 0 Å². The summed E-state index contributed by atoms with van der Waals surface area (Å²) in [6.45, 7) is 25.5. The van der Waals surface area contributed by atoms with E-state index in [0.29, 0.717) is 49.8 Å². The molecule has 14 heteroatoms. The van der Waals surface area contributed by atoms with Gasteiger partial charge in [-0.2, -0.15) is 0 Å². The minimum Gasteiger partial charge on any atom is -0.368 e. The SMILES string of the molecule is CCO[C@H](CC(=O)NCC(C)C)C(=O)N[C@H](c1ncc(-c2ccc(-c3ccc(-c4cnc([C@@H](NC(=O)[C@@H](CC(=O)NCC(C)C)OCC)C(C)(C)C)[nH]4)cc3)cc2)[nH]1)C(C)(C)C. The molecule has 4 rings (SSSR count). The zero-order valence-corrected chi connectivity index (χ0v) is 38.8. The summed E-state index contributed by atoms with van der Waals surface area (Å²) in [5, 5.41) is 11.9. The van der Waals surface area contributed by atoms with E-state index in [-0.39, 0.29) is 36.5 Å². The van der Waals surface area contributed by atoms with Gasteiger partial charge in [-0.3, -0.25) is 19.2 Å². The van der Waals surface area contributed by atoms with Gasteiger partial charge in [0.15, 0.2) is 0 Å². The van der Waals surface area contributed by atoms with E-state index in [1.54, 1.807) is 26.2 Å². The highest BCUT2D eigenvalue weighted by Gasteiger charge is 2.35. The Bertz CT molecular complexity index is 1910. The summed E-state index contributed by atoms with van der Waals surface area (Å²) in [4.78, 5) is 68.3. The lowest BCUT2D eigenvalue weighted by Gasteiger charge is -2.31. The Morgan fingerprint density at radius 1 is 0.565 bits per heavy atom. The van der Waals surface area contributed by atoms with Crippen LogP contribution >= 0.6 is 0 Å². The number of benzene rings is 2. The minimum absolute atomic E-state index is 0.0658. The van der Waals surface area contributed by atoms with Crippen molar-refractivity contribution < 1.29 is 28.7 Å². The molecule has 6 N–H and O–H groups in total. The maximum atomic E-state index is 13.5. The second-order valence-corrected chi connectivity index (χ2v) is 18.8. The molecule has 0 saturated carbocycles. The largest absolute Gasteiger partial charge is 0.368 e. The number of hydrogen-bond donors (Lipinski definition) is 6. The van der Waals surface area contributed by atoms with E-state index in [4.69, 9.17) is 9.47 Å². The number of carbonyl (C=O) groups excluding carboxylic acids is 4. The summed E-state index contributed by atoms with van der Waals surface area (Å²) in [5.41, 5.74) is 4.73. The molecule has 2 aromatic heterocycles. The van der Waals surface area contributed by atoms with Crippen molar-refractivity contribution in [3.63, 3.8) is 0 Å². The number of aromatic nitrogens is 4.